The Bertz CT molecular complexity index is 972. The molecule has 0 unspecified atom stereocenters. The van der Waals surface area contributed by atoms with Gasteiger partial charge in [-0.15, -0.1) is 0 Å². The van der Waals surface area contributed by atoms with E-state index in [1.807, 2.05) is 44.2 Å². The van der Waals surface area contributed by atoms with Crippen molar-refractivity contribution in [2.24, 2.45) is 5.92 Å². The van der Waals surface area contributed by atoms with Crippen LogP contribution in [0, 0.1) is 12.8 Å². The zero-order valence-corrected chi connectivity index (χ0v) is 17.6. The van der Waals surface area contributed by atoms with Crippen LogP contribution in [0.2, 0.25) is 0 Å². The van der Waals surface area contributed by atoms with E-state index in [9.17, 15) is 13.2 Å². The van der Waals surface area contributed by atoms with Crippen LogP contribution < -0.4 is 0 Å². The summed E-state index contributed by atoms with van der Waals surface area (Å²) < 4.78 is 35.0. The van der Waals surface area contributed by atoms with Crippen LogP contribution >= 0.6 is 0 Å². The Morgan fingerprint density at radius 3 is 2.34 bits per heavy atom. The van der Waals surface area contributed by atoms with Gasteiger partial charge in [-0.3, -0.25) is 4.79 Å². The van der Waals surface area contributed by atoms with Gasteiger partial charge in [0.2, 0.25) is 10.0 Å². The molecule has 4 atom stereocenters. The first-order valence-corrected chi connectivity index (χ1v) is 11.7. The SMILES string of the molecule is Cc1ccc(S(=O)(=O)N2[C@@H]([C@H]3CCCCC3=O)O[C@H](c3ccccc3)[C@@H]2C)cc1. The van der Waals surface area contributed by atoms with Gasteiger partial charge in [0.25, 0.3) is 0 Å². The fourth-order valence-electron chi connectivity index (χ4n) is 4.46. The summed E-state index contributed by atoms with van der Waals surface area (Å²) in [7, 11) is -3.81. The molecule has 29 heavy (non-hydrogen) atoms. The minimum atomic E-state index is -3.81. The van der Waals surface area contributed by atoms with E-state index in [2.05, 4.69) is 0 Å². The number of ether oxygens (including phenoxy) is 1. The van der Waals surface area contributed by atoms with Crippen molar-refractivity contribution < 1.29 is 17.9 Å². The lowest BCUT2D eigenvalue weighted by Crippen LogP contribution is -2.47. The van der Waals surface area contributed by atoms with E-state index < -0.39 is 34.3 Å². The van der Waals surface area contributed by atoms with E-state index >= 15 is 0 Å². The minimum Gasteiger partial charge on any atom is -0.352 e. The van der Waals surface area contributed by atoms with Crippen molar-refractivity contribution in [3.8, 4) is 0 Å². The van der Waals surface area contributed by atoms with Crippen LogP contribution in [0.3, 0.4) is 0 Å². The number of carbonyl (C=O) groups excluding carboxylic acids is 1. The maximum atomic E-state index is 13.6. The van der Waals surface area contributed by atoms with Crippen LogP contribution in [0.25, 0.3) is 0 Å². The smallest absolute Gasteiger partial charge is 0.245 e. The van der Waals surface area contributed by atoms with Crippen molar-refractivity contribution in [3.63, 3.8) is 0 Å². The molecule has 6 heteroatoms. The number of ketones is 1. The number of Topliss-reactive ketones (excluding diaryl/α,β-unsaturated/α-hetero) is 1. The molecule has 154 valence electrons. The first-order chi connectivity index (χ1) is 13.9. The Labute approximate surface area is 172 Å². The number of nitrogens with zero attached hydrogens (tertiary/aromatic N) is 1. The van der Waals surface area contributed by atoms with Crippen LogP contribution in [-0.2, 0) is 19.6 Å². The third-order valence-corrected chi connectivity index (χ3v) is 8.01. The predicted octanol–water partition coefficient (Wildman–Crippen LogP) is 4.23. The monoisotopic (exact) mass is 413 g/mol. The standard InChI is InChI=1S/C23H27NO4S/c1-16-12-14-19(15-13-16)29(26,27)24-17(2)22(18-8-4-3-5-9-18)28-23(24)20-10-6-7-11-21(20)25/h3-5,8-9,12-15,17,20,22-23H,6-7,10-11H2,1-2H3/t17-,20-,22-,23+/m0/s1. The largest absolute Gasteiger partial charge is 0.352 e. The quantitative estimate of drug-likeness (QED) is 0.752. The Balaban J connectivity index is 1.76. The molecule has 2 aromatic carbocycles. The summed E-state index contributed by atoms with van der Waals surface area (Å²) in [6.07, 6.45) is 1.76. The normalized spacial score (nSPS) is 28.6. The van der Waals surface area contributed by atoms with Gasteiger partial charge in [0, 0.05) is 6.42 Å². The Morgan fingerprint density at radius 1 is 1.00 bits per heavy atom. The summed E-state index contributed by atoms with van der Waals surface area (Å²) in [6.45, 7) is 3.80. The number of hydrogen-bond acceptors (Lipinski definition) is 4. The highest BCUT2D eigenvalue weighted by molar-refractivity contribution is 7.89. The molecule has 0 bridgehead atoms. The van der Waals surface area contributed by atoms with Gasteiger partial charge in [-0.25, -0.2) is 8.42 Å². The van der Waals surface area contributed by atoms with Crippen LogP contribution in [0.4, 0.5) is 0 Å². The lowest BCUT2D eigenvalue weighted by atomic mass is 9.86. The molecule has 0 aromatic heterocycles. The zero-order chi connectivity index (χ0) is 20.6. The first kappa shape index (κ1) is 20.3. The highest BCUT2D eigenvalue weighted by atomic mass is 32.2. The van der Waals surface area contributed by atoms with E-state index in [1.54, 1.807) is 24.3 Å². The van der Waals surface area contributed by atoms with Crippen LogP contribution in [0.15, 0.2) is 59.5 Å². The lowest BCUT2D eigenvalue weighted by molar-refractivity contribution is -0.132. The van der Waals surface area contributed by atoms with Gasteiger partial charge >= 0.3 is 0 Å². The van der Waals surface area contributed by atoms with Crippen molar-refractivity contribution in [1.29, 1.82) is 0 Å². The number of carbonyl (C=O) groups is 1. The topological polar surface area (TPSA) is 63.7 Å². The zero-order valence-electron chi connectivity index (χ0n) is 16.8. The molecule has 0 N–H and O–H groups in total. The molecule has 2 aromatic rings. The molecule has 1 aliphatic heterocycles. The predicted molar refractivity (Wildman–Crippen MR) is 111 cm³/mol. The molecule has 0 radical (unpaired) electrons. The molecule has 0 spiro atoms. The highest BCUT2D eigenvalue weighted by Crippen LogP contribution is 2.43. The van der Waals surface area contributed by atoms with Gasteiger partial charge in [-0.2, -0.15) is 4.31 Å². The first-order valence-electron chi connectivity index (χ1n) is 10.2. The molecule has 4 rings (SSSR count). The van der Waals surface area contributed by atoms with E-state index in [1.165, 1.54) is 4.31 Å². The Morgan fingerprint density at radius 2 is 1.69 bits per heavy atom. The van der Waals surface area contributed by atoms with Crippen LogP contribution in [0.1, 0.15) is 49.8 Å². The Kier molecular flexibility index (Phi) is 5.60. The number of hydrogen-bond donors (Lipinski definition) is 0. The number of rotatable bonds is 4. The van der Waals surface area contributed by atoms with Crippen LogP contribution in [-0.4, -0.2) is 30.8 Å². The second kappa shape index (κ2) is 8.01. The third-order valence-electron chi connectivity index (χ3n) is 6.05. The van der Waals surface area contributed by atoms with E-state index in [-0.39, 0.29) is 10.7 Å². The van der Waals surface area contributed by atoms with Crippen LogP contribution in [0.5, 0.6) is 0 Å². The molecular weight excluding hydrogens is 386 g/mol. The van der Waals surface area contributed by atoms with Crippen molar-refractivity contribution in [2.75, 3.05) is 0 Å². The van der Waals surface area contributed by atoms with Gasteiger partial charge in [-0.05, 0) is 44.4 Å². The van der Waals surface area contributed by atoms with Crippen molar-refractivity contribution in [1.82, 2.24) is 4.31 Å². The van der Waals surface area contributed by atoms with Crippen molar-refractivity contribution in [3.05, 3.63) is 65.7 Å². The molecule has 0 amide bonds. The summed E-state index contributed by atoms with van der Waals surface area (Å²) in [5.74, 6) is -0.314. The van der Waals surface area contributed by atoms with Gasteiger partial charge in [0.05, 0.1) is 16.9 Å². The maximum absolute atomic E-state index is 13.6. The molecule has 1 aliphatic carbocycles. The number of benzene rings is 2. The summed E-state index contributed by atoms with van der Waals surface area (Å²) in [5, 5.41) is 0. The van der Waals surface area contributed by atoms with Gasteiger partial charge in [-0.1, -0.05) is 54.4 Å². The second-order valence-electron chi connectivity index (χ2n) is 8.07. The van der Waals surface area contributed by atoms with E-state index in [0.29, 0.717) is 12.8 Å². The molecule has 5 nitrogen and oxygen atoms in total. The highest BCUT2D eigenvalue weighted by Gasteiger charge is 2.51. The number of aryl methyl sites for hydroxylation is 1. The van der Waals surface area contributed by atoms with E-state index in [0.717, 1.165) is 24.0 Å². The van der Waals surface area contributed by atoms with Crippen molar-refractivity contribution >= 4 is 15.8 Å². The van der Waals surface area contributed by atoms with Gasteiger partial charge in [0.15, 0.2) is 0 Å². The summed E-state index contributed by atoms with van der Waals surface area (Å²) in [6, 6.07) is 16.1. The van der Waals surface area contributed by atoms with Gasteiger partial charge in [0.1, 0.15) is 18.1 Å². The Hall–Kier alpha value is -2.02. The number of sulfonamides is 1. The minimum absolute atomic E-state index is 0.103. The third kappa shape index (κ3) is 3.77. The average molecular weight is 414 g/mol. The van der Waals surface area contributed by atoms with Gasteiger partial charge < -0.3 is 4.74 Å². The summed E-state index contributed by atoms with van der Waals surface area (Å²) in [4.78, 5) is 12.9. The molecule has 2 fully saturated rings. The van der Waals surface area contributed by atoms with Crippen molar-refractivity contribution in [2.45, 2.75) is 62.8 Å². The maximum Gasteiger partial charge on any atom is 0.245 e. The summed E-state index contributed by atoms with van der Waals surface area (Å²) in [5.41, 5.74) is 1.92. The molecule has 1 saturated heterocycles. The fourth-order valence-corrected chi connectivity index (χ4v) is 6.20. The average Bonchev–Trinajstić information content (AvgIpc) is 3.07. The molecule has 1 saturated carbocycles. The molecule has 2 aliphatic rings. The molecular formula is C23H27NO4S. The second-order valence-corrected chi connectivity index (χ2v) is 9.91. The lowest BCUT2D eigenvalue weighted by Gasteiger charge is -2.32. The van der Waals surface area contributed by atoms with E-state index in [4.69, 9.17) is 4.74 Å². The molecule has 1 heterocycles. The fraction of sp³-hybridized carbons (Fsp3) is 0.435. The summed E-state index contributed by atoms with van der Waals surface area (Å²) >= 11 is 0.